The molecule has 1 atom stereocenters. The molecule has 0 heterocycles. The van der Waals surface area contributed by atoms with E-state index >= 15 is 0 Å². The molecule has 1 unspecified atom stereocenters. The molecular weight excluding hydrogens is 166 g/mol. The predicted octanol–water partition coefficient (Wildman–Crippen LogP) is 1.56. The molecule has 0 aliphatic carbocycles. The fourth-order valence-electron chi connectivity index (χ4n) is 1.05. The maximum Gasteiger partial charge on any atom is 0.0781 e. The van der Waals surface area contributed by atoms with Gasteiger partial charge in [-0.3, -0.25) is 0 Å². The number of hydrogen-bond acceptors (Lipinski definition) is 3. The molecule has 0 saturated carbocycles. The topological polar surface area (TPSA) is 44.5 Å². The summed E-state index contributed by atoms with van der Waals surface area (Å²) in [5.41, 5.74) is 5.91. The maximum absolute atomic E-state index is 6.08. The summed E-state index contributed by atoms with van der Waals surface area (Å²) in [4.78, 5) is 0. The summed E-state index contributed by atoms with van der Waals surface area (Å²) in [6, 6.07) is 0. The highest BCUT2D eigenvalue weighted by Gasteiger charge is 2.21. The summed E-state index contributed by atoms with van der Waals surface area (Å²) in [5, 5.41) is 0. The van der Waals surface area contributed by atoms with E-state index in [0.717, 1.165) is 12.8 Å². The molecule has 0 bridgehead atoms. The summed E-state index contributed by atoms with van der Waals surface area (Å²) in [7, 11) is 1.68. The highest BCUT2D eigenvalue weighted by Crippen LogP contribution is 2.12. The zero-order valence-corrected chi connectivity index (χ0v) is 9.30. The van der Waals surface area contributed by atoms with Crippen LogP contribution in [0.5, 0.6) is 0 Å². The van der Waals surface area contributed by atoms with Crippen LogP contribution < -0.4 is 5.73 Å². The van der Waals surface area contributed by atoms with E-state index in [1.165, 1.54) is 0 Å². The van der Waals surface area contributed by atoms with Crippen LogP contribution in [0.4, 0.5) is 0 Å². The number of methoxy groups -OCH3 is 1. The lowest BCUT2D eigenvalue weighted by Crippen LogP contribution is -2.44. The van der Waals surface area contributed by atoms with Gasteiger partial charge in [0.15, 0.2) is 0 Å². The molecule has 80 valence electrons. The van der Waals surface area contributed by atoms with Gasteiger partial charge < -0.3 is 15.2 Å². The predicted molar refractivity (Wildman–Crippen MR) is 54.8 cm³/mol. The van der Waals surface area contributed by atoms with E-state index in [9.17, 15) is 0 Å². The molecule has 0 radical (unpaired) electrons. The van der Waals surface area contributed by atoms with Gasteiger partial charge in [0, 0.05) is 12.6 Å². The summed E-state index contributed by atoms with van der Waals surface area (Å²) >= 11 is 0. The van der Waals surface area contributed by atoms with Crippen LogP contribution in [0.25, 0.3) is 0 Å². The van der Waals surface area contributed by atoms with Crippen LogP contribution in [-0.4, -0.2) is 32.0 Å². The number of ether oxygens (including phenoxy) is 2. The molecule has 0 aliphatic heterocycles. The molecule has 0 aromatic carbocycles. The maximum atomic E-state index is 6.08. The van der Waals surface area contributed by atoms with Gasteiger partial charge in [-0.25, -0.2) is 0 Å². The van der Waals surface area contributed by atoms with Crippen LogP contribution in [0.2, 0.25) is 0 Å². The van der Waals surface area contributed by atoms with E-state index in [0.29, 0.717) is 13.2 Å². The van der Waals surface area contributed by atoms with Crippen molar-refractivity contribution in [2.24, 2.45) is 5.73 Å². The first-order valence-electron chi connectivity index (χ1n) is 4.97. The smallest absolute Gasteiger partial charge is 0.0781 e. The summed E-state index contributed by atoms with van der Waals surface area (Å²) in [6.45, 7) is 7.42. The summed E-state index contributed by atoms with van der Waals surface area (Å²) < 4.78 is 10.5. The van der Waals surface area contributed by atoms with Gasteiger partial charge in [0.05, 0.1) is 19.3 Å². The summed E-state index contributed by atoms with van der Waals surface area (Å²) in [5.74, 6) is 0. The van der Waals surface area contributed by atoms with E-state index < -0.39 is 0 Å². The number of nitrogens with two attached hydrogens (primary N) is 1. The molecule has 0 fully saturated rings. The Kier molecular flexibility index (Phi) is 6.29. The van der Waals surface area contributed by atoms with Crippen LogP contribution in [0, 0.1) is 0 Å². The molecule has 13 heavy (non-hydrogen) atoms. The van der Waals surface area contributed by atoms with Crippen molar-refractivity contribution in [2.45, 2.75) is 45.3 Å². The molecule has 0 amide bonds. The van der Waals surface area contributed by atoms with Gasteiger partial charge in [-0.05, 0) is 19.8 Å². The van der Waals surface area contributed by atoms with Crippen LogP contribution in [-0.2, 0) is 9.47 Å². The Morgan fingerprint density at radius 1 is 1.31 bits per heavy atom. The average molecular weight is 189 g/mol. The number of rotatable bonds is 7. The van der Waals surface area contributed by atoms with Crippen molar-refractivity contribution < 1.29 is 9.47 Å². The normalized spacial score (nSPS) is 14.5. The van der Waals surface area contributed by atoms with Gasteiger partial charge in [-0.2, -0.15) is 0 Å². The Labute approximate surface area is 81.6 Å². The van der Waals surface area contributed by atoms with Crippen molar-refractivity contribution >= 4 is 0 Å². The lowest BCUT2D eigenvalue weighted by atomic mass is 9.95. The first kappa shape index (κ1) is 12.9. The largest absolute Gasteiger partial charge is 0.382 e. The third-order valence-corrected chi connectivity index (χ3v) is 2.46. The second kappa shape index (κ2) is 6.35. The monoisotopic (exact) mass is 189 g/mol. The van der Waals surface area contributed by atoms with Crippen molar-refractivity contribution in [3.63, 3.8) is 0 Å². The second-order valence-electron chi connectivity index (χ2n) is 3.65. The van der Waals surface area contributed by atoms with E-state index in [2.05, 4.69) is 13.8 Å². The zero-order valence-electron chi connectivity index (χ0n) is 9.30. The third kappa shape index (κ3) is 5.24. The van der Waals surface area contributed by atoms with E-state index in [1.807, 2.05) is 6.92 Å². The molecule has 0 aromatic heterocycles. The van der Waals surface area contributed by atoms with Crippen LogP contribution in [0.1, 0.15) is 33.6 Å². The van der Waals surface area contributed by atoms with Crippen molar-refractivity contribution in [3.8, 4) is 0 Å². The van der Waals surface area contributed by atoms with Gasteiger partial charge in [0.2, 0.25) is 0 Å². The first-order valence-corrected chi connectivity index (χ1v) is 4.97. The van der Waals surface area contributed by atoms with Crippen molar-refractivity contribution in [3.05, 3.63) is 0 Å². The highest BCUT2D eigenvalue weighted by atomic mass is 16.5. The molecule has 0 spiro atoms. The van der Waals surface area contributed by atoms with Crippen molar-refractivity contribution in [1.29, 1.82) is 0 Å². The minimum atomic E-state index is -0.165. The lowest BCUT2D eigenvalue weighted by molar-refractivity contribution is -0.0144. The molecule has 3 nitrogen and oxygen atoms in total. The Morgan fingerprint density at radius 2 is 1.85 bits per heavy atom. The van der Waals surface area contributed by atoms with Gasteiger partial charge in [0.1, 0.15) is 0 Å². The average Bonchev–Trinajstić information content (AvgIpc) is 2.15. The van der Waals surface area contributed by atoms with E-state index in [4.69, 9.17) is 15.2 Å². The molecule has 0 saturated heterocycles. The van der Waals surface area contributed by atoms with Crippen molar-refractivity contribution in [2.75, 3.05) is 20.3 Å². The third-order valence-electron chi connectivity index (χ3n) is 2.46. The van der Waals surface area contributed by atoms with Gasteiger partial charge in [0.25, 0.3) is 0 Å². The van der Waals surface area contributed by atoms with E-state index in [1.54, 1.807) is 7.11 Å². The standard InChI is InChI=1S/C10H23NO2/c1-5-10(11,6-2)8-13-9(3)7-12-4/h9H,5-8,11H2,1-4H3. The second-order valence-corrected chi connectivity index (χ2v) is 3.65. The zero-order chi connectivity index (χ0) is 10.3. The quantitative estimate of drug-likeness (QED) is 0.661. The lowest BCUT2D eigenvalue weighted by Gasteiger charge is -2.27. The Morgan fingerprint density at radius 3 is 2.23 bits per heavy atom. The number of hydrogen-bond donors (Lipinski definition) is 1. The van der Waals surface area contributed by atoms with Gasteiger partial charge >= 0.3 is 0 Å². The Balaban J connectivity index is 3.71. The highest BCUT2D eigenvalue weighted by molar-refractivity contribution is 4.80. The Hall–Kier alpha value is -0.120. The fraction of sp³-hybridized carbons (Fsp3) is 1.00. The fourth-order valence-corrected chi connectivity index (χ4v) is 1.05. The molecular formula is C10H23NO2. The molecule has 0 aliphatic rings. The van der Waals surface area contributed by atoms with Crippen molar-refractivity contribution in [1.82, 2.24) is 0 Å². The van der Waals surface area contributed by atoms with Gasteiger partial charge in [-0.1, -0.05) is 13.8 Å². The molecule has 2 N–H and O–H groups in total. The van der Waals surface area contributed by atoms with Crippen LogP contribution in [0.15, 0.2) is 0 Å². The van der Waals surface area contributed by atoms with E-state index in [-0.39, 0.29) is 11.6 Å². The summed E-state index contributed by atoms with van der Waals surface area (Å²) in [6.07, 6.45) is 2.03. The molecule has 3 heteroatoms. The minimum absolute atomic E-state index is 0.131. The SMILES string of the molecule is CCC(N)(CC)COC(C)COC. The molecule has 0 aromatic rings. The minimum Gasteiger partial charge on any atom is -0.382 e. The van der Waals surface area contributed by atoms with Crippen LogP contribution in [0.3, 0.4) is 0 Å². The van der Waals surface area contributed by atoms with Gasteiger partial charge in [-0.15, -0.1) is 0 Å². The Bertz CT molecular complexity index is 124. The van der Waals surface area contributed by atoms with Crippen LogP contribution >= 0.6 is 0 Å². The molecule has 0 rings (SSSR count). The first-order chi connectivity index (χ1) is 6.08.